The topological polar surface area (TPSA) is 73.0 Å². The third-order valence-corrected chi connectivity index (χ3v) is 9.34. The molecule has 1 unspecified atom stereocenters. The van der Waals surface area contributed by atoms with E-state index in [1.54, 1.807) is 4.90 Å². The minimum atomic E-state index is -4.10. The average Bonchev–Trinajstić information content (AvgIpc) is 3.61. The van der Waals surface area contributed by atoms with Crippen molar-refractivity contribution >= 4 is 23.4 Å². The molecule has 1 aromatic carbocycles. The number of hydrogen-bond acceptors (Lipinski definition) is 5. The zero-order valence-electron chi connectivity index (χ0n) is 21.5. The van der Waals surface area contributed by atoms with Crippen LogP contribution in [0.1, 0.15) is 73.7 Å². The van der Waals surface area contributed by atoms with Gasteiger partial charge in [0.2, 0.25) is 11.8 Å². The Labute approximate surface area is 220 Å². The van der Waals surface area contributed by atoms with Crippen molar-refractivity contribution in [2.45, 2.75) is 88.6 Å². The summed E-state index contributed by atoms with van der Waals surface area (Å²) < 4.78 is 38.9. The minimum absolute atomic E-state index is 0.120. The first-order valence-corrected chi connectivity index (χ1v) is 14.0. The fourth-order valence-electron chi connectivity index (χ4n) is 6.82. The second kappa shape index (κ2) is 9.84. The van der Waals surface area contributed by atoms with E-state index in [2.05, 4.69) is 16.3 Å². The highest BCUT2D eigenvalue weighted by Crippen LogP contribution is 2.41. The Bertz CT molecular complexity index is 1110. The zero-order valence-corrected chi connectivity index (χ0v) is 21.5. The van der Waals surface area contributed by atoms with Crippen LogP contribution in [0.2, 0.25) is 0 Å². The van der Waals surface area contributed by atoms with E-state index in [9.17, 15) is 27.6 Å². The summed E-state index contributed by atoms with van der Waals surface area (Å²) in [5.41, 5.74) is 2.60. The third kappa shape index (κ3) is 4.92. The van der Waals surface area contributed by atoms with Gasteiger partial charge < -0.3 is 9.80 Å². The number of carbonyl (C=O) groups is 3. The molecule has 1 N–H and O–H groups in total. The number of imide groups is 1. The van der Waals surface area contributed by atoms with Crippen molar-refractivity contribution in [3.63, 3.8) is 0 Å². The first-order valence-electron chi connectivity index (χ1n) is 14.0. The van der Waals surface area contributed by atoms with E-state index in [0.717, 1.165) is 55.8 Å². The fraction of sp³-hybridized carbons (Fsp3) is 0.679. The predicted octanol–water partition coefficient (Wildman–Crippen LogP) is 3.86. The van der Waals surface area contributed by atoms with Gasteiger partial charge in [0.15, 0.2) is 0 Å². The van der Waals surface area contributed by atoms with Gasteiger partial charge in [0, 0.05) is 61.5 Å². The number of hydrogen-bond donors (Lipinski definition) is 1. The first kappa shape index (κ1) is 25.6. The summed E-state index contributed by atoms with van der Waals surface area (Å²) in [6, 6.07) is 5.64. The maximum Gasteiger partial charge on any atom is 0.394 e. The van der Waals surface area contributed by atoms with E-state index >= 15 is 0 Å². The lowest BCUT2D eigenvalue weighted by Gasteiger charge is -2.48. The Morgan fingerprint density at radius 2 is 1.71 bits per heavy atom. The van der Waals surface area contributed by atoms with Gasteiger partial charge in [0.05, 0.1) is 5.92 Å². The summed E-state index contributed by atoms with van der Waals surface area (Å²) >= 11 is 0. The molecule has 4 fully saturated rings. The van der Waals surface area contributed by atoms with Gasteiger partial charge >= 0.3 is 6.18 Å². The van der Waals surface area contributed by atoms with Crippen LogP contribution in [-0.4, -0.2) is 71.5 Å². The van der Waals surface area contributed by atoms with Gasteiger partial charge in [-0.25, -0.2) is 0 Å². The molecule has 38 heavy (non-hydrogen) atoms. The second-order valence-electron chi connectivity index (χ2n) is 11.8. The van der Waals surface area contributed by atoms with E-state index in [-0.39, 0.29) is 43.4 Å². The van der Waals surface area contributed by atoms with Gasteiger partial charge in [0.25, 0.3) is 5.91 Å². The van der Waals surface area contributed by atoms with Gasteiger partial charge in [-0.15, -0.1) is 0 Å². The van der Waals surface area contributed by atoms with Crippen molar-refractivity contribution in [2.24, 2.45) is 11.8 Å². The standard InChI is InChI=1S/C28H35F3N4O3/c29-28(30,31)18-14-33(15-18)19-6-8-20(9-7-19)34(13-12-17-4-5-17)23-3-1-2-21-22(23)16-35(27(21)38)24-10-11-25(36)32-26(24)37/h1-3,17-20,24H,4-16H2,(H,32,36,37). The molecule has 7 nitrogen and oxygen atoms in total. The monoisotopic (exact) mass is 532 g/mol. The van der Waals surface area contributed by atoms with Gasteiger partial charge in [-0.1, -0.05) is 18.9 Å². The summed E-state index contributed by atoms with van der Waals surface area (Å²) in [5.74, 6) is -1.32. The van der Waals surface area contributed by atoms with E-state index in [4.69, 9.17) is 0 Å². The molecular weight excluding hydrogens is 497 g/mol. The highest BCUT2D eigenvalue weighted by molar-refractivity contribution is 6.06. The van der Waals surface area contributed by atoms with E-state index in [0.29, 0.717) is 18.5 Å². The maximum absolute atomic E-state index is 13.4. The summed E-state index contributed by atoms with van der Waals surface area (Å²) in [4.78, 5) is 43.6. The molecule has 0 radical (unpaired) electrons. The number of halogens is 3. The first-order chi connectivity index (χ1) is 18.2. The number of rotatable bonds is 7. The Hall–Kier alpha value is -2.62. The van der Waals surface area contributed by atoms with Gasteiger partial charge in [-0.3, -0.25) is 24.6 Å². The van der Waals surface area contributed by atoms with Crippen LogP contribution in [0, 0.1) is 11.8 Å². The molecule has 1 atom stereocenters. The quantitative estimate of drug-likeness (QED) is 0.540. The van der Waals surface area contributed by atoms with Gasteiger partial charge in [0.1, 0.15) is 6.04 Å². The highest BCUT2D eigenvalue weighted by Gasteiger charge is 2.49. The van der Waals surface area contributed by atoms with E-state index in [1.165, 1.54) is 12.8 Å². The lowest BCUT2D eigenvalue weighted by atomic mass is 9.85. The number of amides is 3. The molecule has 5 aliphatic rings. The van der Waals surface area contributed by atoms with Crippen LogP contribution in [0.4, 0.5) is 18.9 Å². The normalized spacial score (nSPS) is 28.8. The molecule has 3 aliphatic heterocycles. The van der Waals surface area contributed by atoms with E-state index < -0.39 is 24.0 Å². The van der Waals surface area contributed by atoms with Crippen molar-refractivity contribution in [1.29, 1.82) is 0 Å². The number of fused-ring (bicyclic) bond motifs is 1. The number of alkyl halides is 3. The molecule has 206 valence electrons. The SMILES string of the molecule is O=C1CCC(N2Cc3c(cccc3N(CCC3CC3)C3CCC(N4CC(C(F)(F)F)C4)CC3)C2=O)C(=O)N1. The van der Waals surface area contributed by atoms with Crippen LogP contribution in [0.15, 0.2) is 18.2 Å². The lowest BCUT2D eigenvalue weighted by Crippen LogP contribution is -2.58. The van der Waals surface area contributed by atoms with Crippen molar-refractivity contribution in [3.05, 3.63) is 29.3 Å². The fourth-order valence-corrected chi connectivity index (χ4v) is 6.82. The molecule has 0 spiro atoms. The number of nitrogens with zero attached hydrogens (tertiary/aromatic N) is 3. The molecular formula is C28H35F3N4O3. The van der Waals surface area contributed by atoms with Crippen LogP contribution in [-0.2, 0) is 16.1 Å². The Morgan fingerprint density at radius 3 is 2.37 bits per heavy atom. The summed E-state index contributed by atoms with van der Waals surface area (Å²) in [6.07, 6.45) is 3.65. The molecule has 0 bridgehead atoms. The highest BCUT2D eigenvalue weighted by atomic mass is 19.4. The second-order valence-corrected chi connectivity index (χ2v) is 11.8. The number of nitrogens with one attached hydrogen (secondary N) is 1. The zero-order chi connectivity index (χ0) is 26.6. The largest absolute Gasteiger partial charge is 0.394 e. The molecule has 10 heteroatoms. The van der Waals surface area contributed by atoms with Gasteiger partial charge in [-0.05, 0) is 56.6 Å². The molecule has 0 aromatic heterocycles. The van der Waals surface area contributed by atoms with Crippen LogP contribution >= 0.6 is 0 Å². The van der Waals surface area contributed by atoms with Crippen molar-refractivity contribution in [2.75, 3.05) is 24.5 Å². The molecule has 2 saturated heterocycles. The molecule has 3 heterocycles. The molecule has 2 saturated carbocycles. The van der Waals surface area contributed by atoms with Crippen molar-refractivity contribution in [1.82, 2.24) is 15.1 Å². The molecule has 3 amide bonds. The lowest BCUT2D eigenvalue weighted by molar-refractivity contribution is -0.215. The Kier molecular flexibility index (Phi) is 6.64. The van der Waals surface area contributed by atoms with Crippen LogP contribution in [0.25, 0.3) is 0 Å². The maximum atomic E-state index is 13.4. The summed E-state index contributed by atoms with van der Waals surface area (Å²) in [5, 5.41) is 2.37. The number of likely N-dealkylation sites (tertiary alicyclic amines) is 1. The summed E-state index contributed by atoms with van der Waals surface area (Å²) in [6.45, 7) is 1.48. The van der Waals surface area contributed by atoms with Crippen LogP contribution < -0.4 is 10.2 Å². The Balaban J connectivity index is 1.17. The minimum Gasteiger partial charge on any atom is -0.368 e. The van der Waals surface area contributed by atoms with Gasteiger partial charge in [-0.2, -0.15) is 13.2 Å². The number of anilines is 1. The number of piperidine rings is 1. The van der Waals surface area contributed by atoms with E-state index in [1.807, 2.05) is 17.0 Å². The number of carbonyl (C=O) groups excluding carboxylic acids is 3. The average molecular weight is 533 g/mol. The molecule has 1 aromatic rings. The number of benzene rings is 1. The van der Waals surface area contributed by atoms with Crippen molar-refractivity contribution < 1.29 is 27.6 Å². The molecule has 6 rings (SSSR count). The third-order valence-electron chi connectivity index (χ3n) is 9.34. The van der Waals surface area contributed by atoms with Crippen LogP contribution in [0.5, 0.6) is 0 Å². The molecule has 2 aliphatic carbocycles. The predicted molar refractivity (Wildman–Crippen MR) is 134 cm³/mol. The summed E-state index contributed by atoms with van der Waals surface area (Å²) in [7, 11) is 0. The smallest absolute Gasteiger partial charge is 0.368 e. The van der Waals surface area contributed by atoms with Crippen molar-refractivity contribution in [3.8, 4) is 0 Å². The van der Waals surface area contributed by atoms with Crippen LogP contribution in [0.3, 0.4) is 0 Å². The Morgan fingerprint density at radius 1 is 0.974 bits per heavy atom.